The van der Waals surface area contributed by atoms with Gasteiger partial charge >= 0.3 is 0 Å². The first-order valence-electron chi connectivity index (χ1n) is 7.70. The van der Waals surface area contributed by atoms with Gasteiger partial charge in [-0.2, -0.15) is 0 Å². The van der Waals surface area contributed by atoms with Crippen LogP contribution >= 0.6 is 11.6 Å². The molecule has 0 fully saturated rings. The number of aromatic nitrogens is 2. The Morgan fingerprint density at radius 3 is 2.67 bits per heavy atom. The Morgan fingerprint density at radius 1 is 1.25 bits per heavy atom. The van der Waals surface area contributed by atoms with E-state index in [1.54, 1.807) is 23.8 Å². The number of pyridine rings is 1. The zero-order valence-corrected chi connectivity index (χ0v) is 14.3. The van der Waals surface area contributed by atoms with Crippen molar-refractivity contribution in [2.45, 2.75) is 19.9 Å². The molecule has 1 aromatic carbocycles. The van der Waals surface area contributed by atoms with Gasteiger partial charge in [-0.25, -0.2) is 4.98 Å². The van der Waals surface area contributed by atoms with Crippen LogP contribution in [0.15, 0.2) is 42.6 Å². The normalized spacial score (nSPS) is 10.8. The van der Waals surface area contributed by atoms with Crippen molar-refractivity contribution in [2.75, 3.05) is 7.11 Å². The first kappa shape index (κ1) is 16.3. The number of carbonyl (C=O) groups excluding carboxylic acids is 1. The standard InChI is InChI=1S/C18H18ClN3O2/c1-3-15-17(22-11-13(19)6-9-16(22)21-15)18(23)20-10-12-4-7-14(24-2)8-5-12/h4-9,11H,3,10H2,1-2H3,(H,20,23). The highest BCUT2D eigenvalue weighted by molar-refractivity contribution is 6.30. The zero-order valence-electron chi connectivity index (χ0n) is 13.5. The maximum atomic E-state index is 12.7. The molecule has 0 unspecified atom stereocenters. The first-order chi connectivity index (χ1) is 11.6. The van der Waals surface area contributed by atoms with E-state index in [9.17, 15) is 4.79 Å². The average molecular weight is 344 g/mol. The molecular weight excluding hydrogens is 326 g/mol. The first-order valence-corrected chi connectivity index (χ1v) is 8.07. The predicted octanol–water partition coefficient (Wildman–Crippen LogP) is 3.49. The van der Waals surface area contributed by atoms with Crippen molar-refractivity contribution in [3.8, 4) is 5.75 Å². The average Bonchev–Trinajstić information content (AvgIpc) is 2.97. The molecule has 0 atom stereocenters. The minimum Gasteiger partial charge on any atom is -0.497 e. The van der Waals surface area contributed by atoms with E-state index in [2.05, 4.69) is 10.3 Å². The van der Waals surface area contributed by atoms with E-state index in [0.29, 0.717) is 29.3 Å². The summed E-state index contributed by atoms with van der Waals surface area (Å²) >= 11 is 6.06. The summed E-state index contributed by atoms with van der Waals surface area (Å²) in [4.78, 5) is 17.2. The lowest BCUT2D eigenvalue weighted by Gasteiger charge is -2.08. The largest absolute Gasteiger partial charge is 0.497 e. The maximum Gasteiger partial charge on any atom is 0.270 e. The number of nitrogens with zero attached hydrogens (tertiary/aromatic N) is 2. The smallest absolute Gasteiger partial charge is 0.270 e. The summed E-state index contributed by atoms with van der Waals surface area (Å²) < 4.78 is 6.87. The lowest BCUT2D eigenvalue weighted by atomic mass is 10.2. The molecule has 24 heavy (non-hydrogen) atoms. The van der Waals surface area contributed by atoms with Crippen LogP contribution < -0.4 is 10.1 Å². The van der Waals surface area contributed by atoms with Gasteiger partial charge in [0.25, 0.3) is 5.91 Å². The second-order valence-corrected chi connectivity index (χ2v) is 5.80. The molecule has 2 heterocycles. The molecule has 3 rings (SSSR count). The number of nitrogens with one attached hydrogen (secondary N) is 1. The SMILES string of the molecule is CCc1nc2ccc(Cl)cn2c1C(=O)NCc1ccc(OC)cc1. The highest BCUT2D eigenvalue weighted by atomic mass is 35.5. The molecule has 0 bridgehead atoms. The van der Waals surface area contributed by atoms with Crippen LogP contribution in [0.25, 0.3) is 5.65 Å². The van der Waals surface area contributed by atoms with Gasteiger partial charge in [0.15, 0.2) is 0 Å². The van der Waals surface area contributed by atoms with Gasteiger partial charge in [-0.15, -0.1) is 0 Å². The van der Waals surface area contributed by atoms with Gasteiger partial charge in [0.05, 0.1) is 17.8 Å². The summed E-state index contributed by atoms with van der Waals surface area (Å²) in [7, 11) is 1.62. The minimum atomic E-state index is -0.169. The Bertz CT molecular complexity index is 872. The number of benzene rings is 1. The summed E-state index contributed by atoms with van der Waals surface area (Å²) in [5, 5.41) is 3.50. The molecule has 0 spiro atoms. The number of methoxy groups -OCH3 is 1. The molecule has 0 saturated heterocycles. The van der Waals surface area contributed by atoms with Crippen LogP contribution in [0.1, 0.15) is 28.7 Å². The molecule has 3 aromatic rings. The van der Waals surface area contributed by atoms with Crippen molar-refractivity contribution in [3.63, 3.8) is 0 Å². The van der Waals surface area contributed by atoms with Gasteiger partial charge in [-0.3, -0.25) is 9.20 Å². The van der Waals surface area contributed by atoms with Crippen molar-refractivity contribution >= 4 is 23.2 Å². The number of halogens is 1. The highest BCUT2D eigenvalue weighted by Gasteiger charge is 2.18. The van der Waals surface area contributed by atoms with Crippen LogP contribution in [0.5, 0.6) is 5.75 Å². The van der Waals surface area contributed by atoms with Gasteiger partial charge in [0, 0.05) is 12.7 Å². The topological polar surface area (TPSA) is 55.6 Å². The molecule has 0 aliphatic carbocycles. The Labute approximate surface area is 145 Å². The van der Waals surface area contributed by atoms with Crippen LogP contribution in [0.2, 0.25) is 5.02 Å². The Hall–Kier alpha value is -2.53. The molecule has 1 N–H and O–H groups in total. The number of imidazole rings is 1. The summed E-state index contributed by atoms with van der Waals surface area (Å²) in [5.41, 5.74) is 2.99. The van der Waals surface area contributed by atoms with Gasteiger partial charge in [0.1, 0.15) is 17.1 Å². The number of hydrogen-bond donors (Lipinski definition) is 1. The molecule has 0 saturated carbocycles. The monoisotopic (exact) mass is 343 g/mol. The number of aryl methyl sites for hydroxylation is 1. The second kappa shape index (κ2) is 6.93. The highest BCUT2D eigenvalue weighted by Crippen LogP contribution is 2.18. The summed E-state index contributed by atoms with van der Waals surface area (Å²) in [6.45, 7) is 2.41. The van der Waals surface area contributed by atoms with E-state index in [0.717, 1.165) is 17.0 Å². The molecule has 0 aliphatic heterocycles. The van der Waals surface area contributed by atoms with Crippen LogP contribution in [0, 0.1) is 0 Å². The fourth-order valence-electron chi connectivity index (χ4n) is 2.56. The molecule has 0 aliphatic rings. The Balaban J connectivity index is 1.83. The number of rotatable bonds is 5. The summed E-state index contributed by atoms with van der Waals surface area (Å²) in [5.74, 6) is 0.618. The summed E-state index contributed by atoms with van der Waals surface area (Å²) in [6.07, 6.45) is 2.38. The molecule has 5 nitrogen and oxygen atoms in total. The van der Waals surface area contributed by atoms with Crippen molar-refractivity contribution in [1.29, 1.82) is 0 Å². The van der Waals surface area contributed by atoms with Crippen molar-refractivity contribution in [2.24, 2.45) is 0 Å². The number of carbonyl (C=O) groups is 1. The fraction of sp³-hybridized carbons (Fsp3) is 0.222. The second-order valence-electron chi connectivity index (χ2n) is 5.37. The van der Waals surface area contributed by atoms with E-state index in [1.165, 1.54) is 0 Å². The van der Waals surface area contributed by atoms with Crippen LogP contribution in [0.3, 0.4) is 0 Å². The van der Waals surface area contributed by atoms with E-state index in [-0.39, 0.29) is 5.91 Å². The molecule has 2 aromatic heterocycles. The van der Waals surface area contributed by atoms with Crippen LogP contribution in [0.4, 0.5) is 0 Å². The lowest BCUT2D eigenvalue weighted by molar-refractivity contribution is 0.0944. The van der Waals surface area contributed by atoms with Crippen molar-refractivity contribution in [3.05, 3.63) is 64.6 Å². The summed E-state index contributed by atoms with van der Waals surface area (Å²) in [6, 6.07) is 11.2. The third kappa shape index (κ3) is 3.21. The fourth-order valence-corrected chi connectivity index (χ4v) is 2.72. The van der Waals surface area contributed by atoms with E-state index >= 15 is 0 Å². The van der Waals surface area contributed by atoms with E-state index < -0.39 is 0 Å². The number of fused-ring (bicyclic) bond motifs is 1. The zero-order chi connectivity index (χ0) is 17.1. The molecule has 6 heteroatoms. The lowest BCUT2D eigenvalue weighted by Crippen LogP contribution is -2.25. The minimum absolute atomic E-state index is 0.169. The van der Waals surface area contributed by atoms with Crippen LogP contribution in [-0.2, 0) is 13.0 Å². The number of hydrogen-bond acceptors (Lipinski definition) is 3. The maximum absolute atomic E-state index is 12.7. The third-order valence-corrected chi connectivity index (χ3v) is 4.04. The van der Waals surface area contributed by atoms with Gasteiger partial charge < -0.3 is 10.1 Å². The van der Waals surface area contributed by atoms with Gasteiger partial charge in [0.2, 0.25) is 0 Å². The number of ether oxygens (including phenoxy) is 1. The predicted molar refractivity (Wildman–Crippen MR) is 93.7 cm³/mol. The van der Waals surface area contributed by atoms with Crippen LogP contribution in [-0.4, -0.2) is 22.4 Å². The van der Waals surface area contributed by atoms with E-state index in [1.807, 2.05) is 37.3 Å². The van der Waals surface area contributed by atoms with Gasteiger partial charge in [-0.1, -0.05) is 30.7 Å². The Kier molecular flexibility index (Phi) is 4.71. The van der Waals surface area contributed by atoms with E-state index in [4.69, 9.17) is 16.3 Å². The third-order valence-electron chi connectivity index (χ3n) is 3.82. The number of amides is 1. The molecule has 1 amide bonds. The van der Waals surface area contributed by atoms with Gasteiger partial charge in [-0.05, 0) is 36.2 Å². The molecular formula is C18H18ClN3O2. The quantitative estimate of drug-likeness (QED) is 0.771. The molecule has 124 valence electrons. The molecule has 0 radical (unpaired) electrons. The van der Waals surface area contributed by atoms with Crippen molar-refractivity contribution < 1.29 is 9.53 Å². The Morgan fingerprint density at radius 2 is 2.00 bits per heavy atom. The van der Waals surface area contributed by atoms with Crippen molar-refractivity contribution in [1.82, 2.24) is 14.7 Å².